The Bertz CT molecular complexity index is 1110. The smallest absolute Gasteiger partial charge is 0.433 e. The van der Waals surface area contributed by atoms with Crippen molar-refractivity contribution in [1.29, 1.82) is 0 Å². The molecular weight excluding hydrogens is 588 g/mol. The van der Waals surface area contributed by atoms with Crippen LogP contribution in [0.15, 0.2) is 16.4 Å². The quantitative estimate of drug-likeness (QED) is 0.106. The molecule has 3 unspecified atom stereocenters. The summed E-state index contributed by atoms with van der Waals surface area (Å²) >= 11 is -0.659. The Hall–Kier alpha value is -1.83. The Morgan fingerprint density at radius 2 is 2.19 bits per heavy atom. The minimum atomic E-state index is -4.73. The highest BCUT2D eigenvalue weighted by Crippen LogP contribution is 2.50. The molecule has 2 amide bonds. The van der Waals surface area contributed by atoms with Crippen molar-refractivity contribution >= 4 is 60.1 Å². The van der Waals surface area contributed by atoms with Crippen LogP contribution in [0.4, 0.5) is 13.2 Å². The molecule has 0 spiro atoms. The highest BCUT2D eigenvalue weighted by atomic mass is 32.2. The van der Waals surface area contributed by atoms with Crippen LogP contribution in [0.1, 0.15) is 6.92 Å². The van der Waals surface area contributed by atoms with E-state index in [0.717, 1.165) is 28.4 Å². The van der Waals surface area contributed by atoms with Gasteiger partial charge in [-0.3, -0.25) is 19.1 Å². The molecule has 2 aliphatic heterocycles. The van der Waals surface area contributed by atoms with E-state index in [1.165, 1.54) is 6.92 Å². The summed E-state index contributed by atoms with van der Waals surface area (Å²) in [6.45, 7) is 1.41. The summed E-state index contributed by atoms with van der Waals surface area (Å²) in [4.78, 5) is 48.1. The van der Waals surface area contributed by atoms with Crippen molar-refractivity contribution in [2.75, 3.05) is 30.0 Å². The number of halogens is 3. The van der Waals surface area contributed by atoms with Crippen LogP contribution in [0.3, 0.4) is 0 Å². The van der Waals surface area contributed by atoms with E-state index >= 15 is 0 Å². The SMILES string of the molecule is CCOP(=O)(O)CC(Sc1nnn[nH]1)C1=C(C(=O)O)N2C(=O)[C@@H](NC(=O)C[S+]([O-])CC(F)(F)F)[C@@H]2SC1. The first-order valence-electron chi connectivity index (χ1n) is 10.2. The maximum atomic E-state index is 12.8. The number of carboxylic acids is 1. The van der Waals surface area contributed by atoms with E-state index in [-0.39, 0.29) is 23.1 Å². The van der Waals surface area contributed by atoms with Crippen molar-refractivity contribution in [2.45, 2.75) is 34.9 Å². The molecule has 5 atom stereocenters. The fourth-order valence-electron chi connectivity index (χ4n) is 3.50. The lowest BCUT2D eigenvalue weighted by molar-refractivity contribution is -0.150. The van der Waals surface area contributed by atoms with Gasteiger partial charge in [0.25, 0.3) is 11.8 Å². The van der Waals surface area contributed by atoms with E-state index in [9.17, 15) is 46.7 Å². The first-order valence-corrected chi connectivity index (χ1v) is 15.4. The van der Waals surface area contributed by atoms with E-state index in [1.54, 1.807) is 0 Å². The first-order chi connectivity index (χ1) is 17.2. The summed E-state index contributed by atoms with van der Waals surface area (Å²) in [6, 6.07) is -1.26. The van der Waals surface area contributed by atoms with Crippen molar-refractivity contribution in [3.8, 4) is 0 Å². The zero-order valence-corrected chi connectivity index (χ0v) is 22.1. The molecule has 1 fully saturated rings. The number of aromatic nitrogens is 4. The van der Waals surface area contributed by atoms with Crippen molar-refractivity contribution in [2.24, 2.45) is 0 Å². The number of alkyl halides is 3. The second-order valence-electron chi connectivity index (χ2n) is 7.53. The number of carbonyl (C=O) groups excluding carboxylic acids is 2. The molecule has 2 aliphatic rings. The zero-order valence-electron chi connectivity index (χ0n) is 18.7. The van der Waals surface area contributed by atoms with Gasteiger partial charge in [0, 0.05) is 11.0 Å². The highest BCUT2D eigenvalue weighted by molar-refractivity contribution is 8.01. The maximum Gasteiger partial charge on any atom is 0.433 e. The fraction of sp³-hybridized carbons (Fsp3) is 0.625. The van der Waals surface area contributed by atoms with Gasteiger partial charge in [-0.25, -0.2) is 9.89 Å². The van der Waals surface area contributed by atoms with Crippen LogP contribution in [0.2, 0.25) is 0 Å². The van der Waals surface area contributed by atoms with Crippen LogP contribution in [0, 0.1) is 0 Å². The molecule has 21 heteroatoms. The average Bonchev–Trinajstić information content (AvgIpc) is 3.27. The van der Waals surface area contributed by atoms with Gasteiger partial charge in [0.2, 0.25) is 10.9 Å². The summed E-state index contributed by atoms with van der Waals surface area (Å²) in [5, 5.41) is 23.2. The fourth-order valence-corrected chi connectivity index (χ4v) is 8.67. The van der Waals surface area contributed by atoms with Gasteiger partial charge in [0.1, 0.15) is 17.1 Å². The van der Waals surface area contributed by atoms with E-state index in [1.807, 2.05) is 0 Å². The lowest BCUT2D eigenvalue weighted by Gasteiger charge is -2.50. The molecule has 3 heterocycles. The molecule has 0 aromatic carbocycles. The molecular formula is C16H20F3N6O8PS3. The van der Waals surface area contributed by atoms with Gasteiger partial charge < -0.3 is 24.4 Å². The van der Waals surface area contributed by atoms with E-state index < -0.39 is 82.8 Å². The normalized spacial score (nSPS) is 23.1. The summed E-state index contributed by atoms with van der Waals surface area (Å²) < 4.78 is 66.0. The summed E-state index contributed by atoms with van der Waals surface area (Å²) in [5.74, 6) is -6.15. The molecule has 0 bridgehead atoms. The molecule has 206 valence electrons. The number of aliphatic carboxylic acids is 1. The van der Waals surface area contributed by atoms with Crippen LogP contribution in [0.25, 0.3) is 0 Å². The number of nitrogens with one attached hydrogen (secondary N) is 2. The number of aromatic amines is 1. The molecule has 0 radical (unpaired) electrons. The van der Waals surface area contributed by atoms with Crippen LogP contribution < -0.4 is 5.32 Å². The molecule has 1 aromatic heterocycles. The Labute approximate surface area is 218 Å². The Kier molecular flexibility index (Phi) is 9.57. The predicted molar refractivity (Wildman–Crippen MR) is 124 cm³/mol. The second kappa shape index (κ2) is 11.9. The lowest BCUT2D eigenvalue weighted by Crippen LogP contribution is -2.71. The van der Waals surface area contributed by atoms with Gasteiger partial charge in [0.15, 0.2) is 5.75 Å². The number of rotatable bonds is 12. The second-order valence-corrected chi connectivity index (χ2v) is 13.2. The van der Waals surface area contributed by atoms with Crippen LogP contribution in [-0.4, -0.2) is 111 Å². The van der Waals surface area contributed by atoms with Gasteiger partial charge in [-0.1, -0.05) is 11.8 Å². The topological polar surface area (TPSA) is 211 Å². The number of hydrogen-bond acceptors (Lipinski definition) is 11. The molecule has 3 rings (SSSR count). The minimum absolute atomic E-state index is 0.0478. The van der Waals surface area contributed by atoms with Crippen LogP contribution in [-0.2, 0) is 34.6 Å². The summed E-state index contributed by atoms with van der Waals surface area (Å²) in [5.41, 5.74) is -0.366. The third kappa shape index (κ3) is 7.61. The number of hydrogen-bond donors (Lipinski definition) is 4. The van der Waals surface area contributed by atoms with Crippen molar-refractivity contribution < 1.29 is 51.2 Å². The standard InChI is InChI=1S/C16H20F3N6O8PS3/c1-2-33-34(30,31)3-8(36-15-21-23-24-22-15)7-4-35-13-10(12(27)25(13)11(7)14(28)29)20-9(26)5-37(32)6-16(17,18)19/h8,10,13H,2-6H2,1H3,(H,20,26)(H,28,29)(H,30,31)(H,21,22,23,24)/t8?,10-,13+,37?/m1/s1. The molecule has 4 N–H and O–H groups in total. The summed E-state index contributed by atoms with van der Waals surface area (Å²) in [6.07, 6.45) is -5.27. The molecule has 1 saturated heterocycles. The predicted octanol–water partition coefficient (Wildman–Crippen LogP) is -0.0681. The number of β-lactam (4-membered cyclic amide) rings is 1. The highest BCUT2D eigenvalue weighted by Gasteiger charge is 2.55. The number of nitrogens with zero attached hydrogens (tertiary/aromatic N) is 4. The number of fused-ring (bicyclic) bond motifs is 1. The Morgan fingerprint density at radius 1 is 1.49 bits per heavy atom. The molecule has 0 saturated carbocycles. The van der Waals surface area contributed by atoms with Crippen LogP contribution in [0.5, 0.6) is 0 Å². The number of H-pyrrole nitrogens is 1. The van der Waals surface area contributed by atoms with Crippen molar-refractivity contribution in [3.05, 3.63) is 11.3 Å². The zero-order chi connectivity index (χ0) is 27.5. The molecule has 1 aromatic rings. The molecule has 37 heavy (non-hydrogen) atoms. The number of tetrazole rings is 1. The number of carboxylic acid groups (broad SMARTS) is 1. The van der Waals surface area contributed by atoms with Crippen molar-refractivity contribution in [3.63, 3.8) is 0 Å². The molecule has 0 aliphatic carbocycles. The third-order valence-corrected chi connectivity index (χ3v) is 10.2. The number of amides is 2. The van der Waals surface area contributed by atoms with E-state index in [4.69, 9.17) is 4.52 Å². The van der Waals surface area contributed by atoms with Gasteiger partial charge in [-0.2, -0.15) is 13.2 Å². The van der Waals surface area contributed by atoms with Gasteiger partial charge >= 0.3 is 19.7 Å². The largest absolute Gasteiger partial charge is 0.616 e. The van der Waals surface area contributed by atoms with Gasteiger partial charge in [-0.05, 0) is 34.1 Å². The van der Waals surface area contributed by atoms with Crippen LogP contribution >= 0.6 is 31.1 Å². The van der Waals surface area contributed by atoms with E-state index in [0.29, 0.717) is 0 Å². The number of thioether (sulfide) groups is 2. The Balaban J connectivity index is 1.81. The summed E-state index contributed by atoms with van der Waals surface area (Å²) in [7, 11) is -4.19. The molecule has 14 nitrogen and oxygen atoms in total. The maximum absolute atomic E-state index is 12.8. The minimum Gasteiger partial charge on any atom is -0.616 e. The van der Waals surface area contributed by atoms with Gasteiger partial charge in [-0.15, -0.1) is 16.9 Å². The lowest BCUT2D eigenvalue weighted by atomic mass is 10.0. The monoisotopic (exact) mass is 608 g/mol. The Morgan fingerprint density at radius 3 is 2.76 bits per heavy atom. The average molecular weight is 609 g/mol. The van der Waals surface area contributed by atoms with E-state index in [2.05, 4.69) is 25.9 Å². The first kappa shape index (κ1) is 29.7. The number of carbonyl (C=O) groups is 3. The third-order valence-electron chi connectivity index (χ3n) is 4.83. The van der Waals surface area contributed by atoms with Crippen molar-refractivity contribution in [1.82, 2.24) is 30.8 Å². The van der Waals surface area contributed by atoms with Gasteiger partial charge in [0.05, 0.1) is 12.8 Å².